The molecule has 2 rings (SSSR count). The number of ether oxygens (including phenoxy) is 3. The molecule has 0 radical (unpaired) electrons. The number of aliphatic imine (C=N–C) groups is 1. The van der Waals surface area contributed by atoms with Crippen LogP contribution in [0.1, 0.15) is 6.42 Å². The number of rotatable bonds is 6. The van der Waals surface area contributed by atoms with Gasteiger partial charge in [-0.25, -0.2) is 4.99 Å². The molecule has 0 spiro atoms. The lowest BCUT2D eigenvalue weighted by Crippen LogP contribution is -2.43. The van der Waals surface area contributed by atoms with Gasteiger partial charge in [0.05, 0.1) is 19.4 Å². The quantitative estimate of drug-likeness (QED) is 0.684. The molecule has 4 atom stereocenters. The standard InChI is InChI=1S/C16H28N3O4P/c1-10-18-15(17)12(21-2)9-19(10)16-14(22-3)13(20)11(23-16)7-8-24(4,5)6/h9,11,13-14,16,20H,1,4,7-8H2,2-3,5-6H3,(H2,17,18)/t11-,13-,14-,16?/m1/s1. The predicted molar refractivity (Wildman–Crippen MR) is 98.5 cm³/mol. The Morgan fingerprint density at radius 3 is 2.67 bits per heavy atom. The number of hydrogen-bond donors (Lipinski definition) is 2. The van der Waals surface area contributed by atoms with Crippen molar-refractivity contribution in [2.75, 3.05) is 33.7 Å². The average molecular weight is 357 g/mol. The molecular formula is C16H28N3O4P. The maximum atomic E-state index is 10.6. The fourth-order valence-corrected chi connectivity index (χ4v) is 3.76. The van der Waals surface area contributed by atoms with Crippen LogP contribution in [0.5, 0.6) is 0 Å². The van der Waals surface area contributed by atoms with Crippen molar-refractivity contribution >= 4 is 19.0 Å². The molecule has 24 heavy (non-hydrogen) atoms. The van der Waals surface area contributed by atoms with Gasteiger partial charge in [0.1, 0.15) is 18.0 Å². The van der Waals surface area contributed by atoms with E-state index in [1.165, 1.54) is 7.11 Å². The van der Waals surface area contributed by atoms with E-state index in [-0.39, 0.29) is 11.9 Å². The minimum atomic E-state index is -1.19. The smallest absolute Gasteiger partial charge is 0.177 e. The van der Waals surface area contributed by atoms with Crippen molar-refractivity contribution in [2.45, 2.75) is 31.0 Å². The highest BCUT2D eigenvalue weighted by molar-refractivity contribution is 7.72. The van der Waals surface area contributed by atoms with Crippen LogP contribution < -0.4 is 5.73 Å². The number of nitrogens with zero attached hydrogens (tertiary/aromatic N) is 2. The van der Waals surface area contributed by atoms with Gasteiger partial charge in [0.25, 0.3) is 0 Å². The second-order valence-electron chi connectivity index (χ2n) is 6.72. The molecule has 1 saturated heterocycles. The molecule has 1 unspecified atom stereocenters. The Hall–Kier alpha value is -1.27. The lowest BCUT2D eigenvalue weighted by molar-refractivity contribution is -0.0708. The first-order valence-electron chi connectivity index (χ1n) is 7.79. The lowest BCUT2D eigenvalue weighted by Gasteiger charge is -2.32. The summed E-state index contributed by atoms with van der Waals surface area (Å²) >= 11 is 0. The van der Waals surface area contributed by atoms with Gasteiger partial charge in [-0.1, -0.05) is 6.58 Å². The molecule has 2 aliphatic heterocycles. The van der Waals surface area contributed by atoms with Crippen molar-refractivity contribution in [3.8, 4) is 0 Å². The van der Waals surface area contributed by atoms with Gasteiger partial charge in [-0.15, -0.1) is 13.2 Å². The molecule has 2 aliphatic rings. The normalized spacial score (nSPS) is 31.0. The molecule has 0 aliphatic carbocycles. The van der Waals surface area contributed by atoms with Crippen LogP contribution in [0.15, 0.2) is 29.4 Å². The van der Waals surface area contributed by atoms with Crippen molar-refractivity contribution in [3.63, 3.8) is 0 Å². The van der Waals surface area contributed by atoms with Gasteiger partial charge in [-0.2, -0.15) is 0 Å². The van der Waals surface area contributed by atoms with E-state index in [4.69, 9.17) is 19.9 Å². The first-order valence-corrected chi connectivity index (χ1v) is 10.8. The molecule has 2 heterocycles. The highest BCUT2D eigenvalue weighted by Gasteiger charge is 2.47. The Morgan fingerprint density at radius 2 is 2.12 bits per heavy atom. The highest BCUT2D eigenvalue weighted by Crippen LogP contribution is 2.39. The maximum absolute atomic E-state index is 10.6. The van der Waals surface area contributed by atoms with Gasteiger partial charge in [0.2, 0.25) is 0 Å². The van der Waals surface area contributed by atoms with E-state index in [1.807, 2.05) is 0 Å². The molecule has 0 amide bonds. The summed E-state index contributed by atoms with van der Waals surface area (Å²) in [6.07, 6.45) is 5.42. The topological polar surface area (TPSA) is 89.5 Å². The summed E-state index contributed by atoms with van der Waals surface area (Å²) in [5, 5.41) is 10.6. The largest absolute Gasteiger partial charge is 0.491 e. The van der Waals surface area contributed by atoms with E-state index in [2.05, 4.69) is 31.2 Å². The second-order valence-corrected chi connectivity index (χ2v) is 11.0. The van der Waals surface area contributed by atoms with Gasteiger partial charge in [0, 0.05) is 7.11 Å². The molecule has 3 N–H and O–H groups in total. The average Bonchev–Trinajstić information content (AvgIpc) is 2.80. The van der Waals surface area contributed by atoms with Crippen LogP contribution in [0.3, 0.4) is 0 Å². The summed E-state index contributed by atoms with van der Waals surface area (Å²) in [6.45, 7) is 7.03. The van der Waals surface area contributed by atoms with Crippen molar-refractivity contribution in [1.82, 2.24) is 4.90 Å². The Kier molecular flexibility index (Phi) is 5.81. The monoisotopic (exact) mass is 357 g/mol. The minimum absolute atomic E-state index is 0.256. The molecule has 1 fully saturated rings. The third-order valence-corrected chi connectivity index (χ3v) is 5.62. The van der Waals surface area contributed by atoms with E-state index in [1.54, 1.807) is 18.2 Å². The van der Waals surface area contributed by atoms with Crippen molar-refractivity contribution < 1.29 is 19.3 Å². The van der Waals surface area contributed by atoms with E-state index in [0.717, 1.165) is 12.6 Å². The van der Waals surface area contributed by atoms with E-state index in [0.29, 0.717) is 11.6 Å². The van der Waals surface area contributed by atoms with Crippen LogP contribution in [0.2, 0.25) is 0 Å². The molecule has 0 aromatic heterocycles. The van der Waals surface area contributed by atoms with Crippen molar-refractivity contribution in [3.05, 3.63) is 24.4 Å². The minimum Gasteiger partial charge on any atom is -0.491 e. The third-order valence-electron chi connectivity index (χ3n) is 4.15. The van der Waals surface area contributed by atoms with Crippen LogP contribution >= 0.6 is 6.89 Å². The first kappa shape index (κ1) is 19.1. The predicted octanol–water partition coefficient (Wildman–Crippen LogP) is 0.818. The highest BCUT2D eigenvalue weighted by atomic mass is 31.2. The Morgan fingerprint density at radius 1 is 1.46 bits per heavy atom. The fraction of sp³-hybridized carbons (Fsp3) is 0.625. The molecule has 0 bridgehead atoms. The maximum Gasteiger partial charge on any atom is 0.177 e. The summed E-state index contributed by atoms with van der Waals surface area (Å²) in [4.78, 5) is 5.87. The number of methoxy groups -OCH3 is 2. The zero-order valence-corrected chi connectivity index (χ0v) is 15.7. The van der Waals surface area contributed by atoms with Crippen molar-refractivity contribution in [2.24, 2.45) is 10.7 Å². The van der Waals surface area contributed by atoms with Crippen LogP contribution in [0, 0.1) is 0 Å². The fourth-order valence-electron chi connectivity index (χ4n) is 2.81. The van der Waals surface area contributed by atoms with Crippen LogP contribution in [0.25, 0.3) is 0 Å². The van der Waals surface area contributed by atoms with Crippen LogP contribution in [-0.4, -0.2) is 80.4 Å². The zero-order chi connectivity index (χ0) is 18.1. The molecule has 0 aromatic rings. The van der Waals surface area contributed by atoms with Crippen LogP contribution in [-0.2, 0) is 14.2 Å². The molecule has 7 nitrogen and oxygen atoms in total. The van der Waals surface area contributed by atoms with Gasteiger partial charge in [-0.05, 0) is 25.9 Å². The number of aliphatic hydroxyl groups excluding tert-OH is 1. The summed E-state index contributed by atoms with van der Waals surface area (Å²) in [7, 11) is 3.07. The van der Waals surface area contributed by atoms with E-state index in [9.17, 15) is 5.11 Å². The summed E-state index contributed by atoms with van der Waals surface area (Å²) in [5.74, 6) is 1.09. The Bertz CT molecular complexity index is 598. The summed E-state index contributed by atoms with van der Waals surface area (Å²) in [5.41, 5.74) is 5.80. The Labute approximate surface area is 143 Å². The molecular weight excluding hydrogens is 329 g/mol. The SMILES string of the molecule is C=C1N=C(N)C(OC)=CN1C1O[C@H](CCP(=C)(C)C)[C@@H](O)[C@H]1OC. The van der Waals surface area contributed by atoms with E-state index < -0.39 is 25.3 Å². The number of nitrogens with two attached hydrogens (primary N) is 1. The summed E-state index contributed by atoms with van der Waals surface area (Å²) < 4.78 is 16.8. The number of aliphatic hydroxyl groups is 1. The van der Waals surface area contributed by atoms with Gasteiger partial charge >= 0.3 is 0 Å². The van der Waals surface area contributed by atoms with E-state index >= 15 is 0 Å². The molecule has 136 valence electrons. The van der Waals surface area contributed by atoms with Gasteiger partial charge < -0.3 is 30.0 Å². The van der Waals surface area contributed by atoms with Crippen molar-refractivity contribution in [1.29, 1.82) is 0 Å². The lowest BCUT2D eigenvalue weighted by atomic mass is 10.1. The number of hydrogen-bond acceptors (Lipinski definition) is 7. The first-order chi connectivity index (χ1) is 11.2. The second kappa shape index (κ2) is 7.31. The summed E-state index contributed by atoms with van der Waals surface area (Å²) in [6, 6.07) is 0. The molecule has 0 aromatic carbocycles. The number of amidine groups is 1. The molecule has 0 saturated carbocycles. The Balaban J connectivity index is 2.19. The molecule has 8 heteroatoms. The van der Waals surface area contributed by atoms with Gasteiger partial charge in [0.15, 0.2) is 17.8 Å². The third kappa shape index (κ3) is 4.03. The van der Waals surface area contributed by atoms with Gasteiger partial charge in [-0.3, -0.25) is 0 Å². The zero-order valence-electron chi connectivity index (χ0n) is 14.8. The van der Waals surface area contributed by atoms with Crippen LogP contribution in [0.4, 0.5) is 0 Å².